The highest BCUT2D eigenvalue weighted by Gasteiger charge is 2.45. The minimum Gasteiger partial charge on any atom is -0.451 e. The maximum atomic E-state index is 15.8. The highest BCUT2D eigenvalue weighted by Crippen LogP contribution is 2.44. The molecule has 336 valence electrons. The first-order valence-corrected chi connectivity index (χ1v) is 22.8. The lowest BCUT2D eigenvalue weighted by Gasteiger charge is -2.44. The summed E-state index contributed by atoms with van der Waals surface area (Å²) < 4.78 is 89.6. The molecule has 9 rings (SSSR count). The fourth-order valence-corrected chi connectivity index (χ4v) is 10.6. The monoisotopic (exact) mass is 893 g/mol. The number of likely N-dealkylation sites (tertiary alicyclic amines) is 1. The van der Waals surface area contributed by atoms with E-state index in [0.717, 1.165) is 73.6 Å². The number of aromatic nitrogens is 4. The molecule has 20 heteroatoms. The molecule has 3 N–H and O–H groups in total. The van der Waals surface area contributed by atoms with Gasteiger partial charge in [-0.15, -0.1) is 0 Å². The molecule has 1 aliphatic carbocycles. The third kappa shape index (κ3) is 8.11. The van der Waals surface area contributed by atoms with Crippen molar-refractivity contribution < 1.29 is 41.0 Å². The number of aryl methyl sites for hydroxylation is 1. The Hall–Kier alpha value is -5.28. The van der Waals surface area contributed by atoms with Gasteiger partial charge in [0.1, 0.15) is 11.6 Å². The van der Waals surface area contributed by atoms with Gasteiger partial charge < -0.3 is 29.7 Å². The van der Waals surface area contributed by atoms with Gasteiger partial charge in [0.05, 0.1) is 46.7 Å². The van der Waals surface area contributed by atoms with Crippen molar-refractivity contribution in [2.24, 2.45) is 7.05 Å². The summed E-state index contributed by atoms with van der Waals surface area (Å²) in [6, 6.07) is 9.64. The number of halogens is 3. The molecular weight excluding hydrogens is 844 g/mol. The number of aliphatic hydroxyl groups is 1. The predicted molar refractivity (Wildman–Crippen MR) is 228 cm³/mol. The Balaban J connectivity index is 0.826. The normalized spacial score (nSPS) is 23.2. The van der Waals surface area contributed by atoms with Crippen molar-refractivity contribution in [3.8, 4) is 11.5 Å². The van der Waals surface area contributed by atoms with Gasteiger partial charge in [0.15, 0.2) is 17.5 Å². The molecule has 5 aromatic rings. The number of benzene rings is 3. The maximum Gasteiger partial charge on any atom is 0.301 e. The van der Waals surface area contributed by atoms with Crippen LogP contribution in [0.5, 0.6) is 11.5 Å². The Morgan fingerprint density at radius 3 is 2.49 bits per heavy atom. The van der Waals surface area contributed by atoms with Gasteiger partial charge in [0.25, 0.3) is 5.56 Å². The second-order valence-corrected chi connectivity index (χ2v) is 18.9. The van der Waals surface area contributed by atoms with Crippen LogP contribution in [0.4, 0.5) is 24.7 Å². The van der Waals surface area contributed by atoms with Gasteiger partial charge >= 0.3 is 10.2 Å². The summed E-state index contributed by atoms with van der Waals surface area (Å²) in [5, 5.41) is 18.3. The van der Waals surface area contributed by atoms with E-state index < -0.39 is 45.2 Å². The van der Waals surface area contributed by atoms with E-state index in [1.54, 1.807) is 28.1 Å². The minimum absolute atomic E-state index is 0.0374. The molecular formula is C43H50F3N9O7S. The molecule has 1 spiro atoms. The summed E-state index contributed by atoms with van der Waals surface area (Å²) >= 11 is 0. The Morgan fingerprint density at radius 2 is 1.76 bits per heavy atom. The Bertz CT molecular complexity index is 2750. The van der Waals surface area contributed by atoms with Gasteiger partial charge in [0, 0.05) is 58.1 Å². The van der Waals surface area contributed by atoms with Crippen LogP contribution in [0.15, 0.2) is 53.6 Å². The minimum atomic E-state index is -4.10. The number of nitrogens with zero attached hydrogens (tertiary/aromatic N) is 7. The van der Waals surface area contributed by atoms with E-state index in [4.69, 9.17) is 9.47 Å². The van der Waals surface area contributed by atoms with Crippen molar-refractivity contribution in [2.75, 3.05) is 49.5 Å². The van der Waals surface area contributed by atoms with Crippen molar-refractivity contribution in [3.05, 3.63) is 82.2 Å². The number of fused-ring (bicyclic) bond motifs is 2. The lowest BCUT2D eigenvalue weighted by Crippen LogP contribution is -2.54. The van der Waals surface area contributed by atoms with Crippen molar-refractivity contribution in [1.82, 2.24) is 33.9 Å². The van der Waals surface area contributed by atoms with Gasteiger partial charge in [-0.05, 0) is 98.9 Å². The first-order valence-electron chi connectivity index (χ1n) is 21.3. The summed E-state index contributed by atoms with van der Waals surface area (Å²) in [4.78, 5) is 34.3. The van der Waals surface area contributed by atoms with E-state index in [9.17, 15) is 27.5 Å². The summed E-state index contributed by atoms with van der Waals surface area (Å²) in [6.45, 7) is 4.00. The Morgan fingerprint density at radius 1 is 1.00 bits per heavy atom. The number of hydrogen-bond acceptors (Lipinski definition) is 11. The van der Waals surface area contributed by atoms with Crippen LogP contribution in [0.2, 0.25) is 0 Å². The number of amides is 1. The van der Waals surface area contributed by atoms with Crippen LogP contribution < -0.4 is 25.2 Å². The zero-order valence-corrected chi connectivity index (χ0v) is 36.0. The fourth-order valence-electron chi connectivity index (χ4n) is 9.70. The van der Waals surface area contributed by atoms with Crippen LogP contribution >= 0.6 is 0 Å². The molecule has 3 saturated heterocycles. The lowest BCUT2D eigenvalue weighted by atomic mass is 9.79. The first kappa shape index (κ1) is 43.0. The van der Waals surface area contributed by atoms with E-state index in [2.05, 4.69) is 25.0 Å². The standard InChI is InChI=1S/C43H50F3N9O7S/c1-4-51(2)63(59,60)50-35-12-10-32(44)39(38(35)46)62-28-9-11-34-30(19-28)41(57)55(24-47-34)27-22-43(61-23-27)14-17-53(18-15-43)26-7-5-25(6-8-26)29-21-36-31(20-33(29)45)40(49-52(36)3)54-16-13-37(56)48-42(54)58/h9-12,19-21,24-27,42,50,58H,4-8,13-18,22-23H2,1-3H3,(H,48,56)/t25?,26?,27-,42?/m1/s1. The summed E-state index contributed by atoms with van der Waals surface area (Å²) in [5.74, 6) is -3.23. The number of rotatable bonds is 10. The topological polar surface area (TPSA) is 176 Å². The number of carbonyl (C=O) groups excluding carboxylic acids is 1. The zero-order valence-electron chi connectivity index (χ0n) is 35.2. The quantitative estimate of drug-likeness (QED) is 0.168. The third-order valence-corrected chi connectivity index (χ3v) is 15.0. The Kier molecular flexibility index (Phi) is 11.4. The molecule has 0 radical (unpaired) electrons. The third-order valence-electron chi connectivity index (χ3n) is 13.4. The number of ether oxygens (including phenoxy) is 2. The van der Waals surface area contributed by atoms with Crippen molar-refractivity contribution in [3.63, 3.8) is 0 Å². The molecule has 63 heavy (non-hydrogen) atoms. The van der Waals surface area contributed by atoms with E-state index in [-0.39, 0.29) is 59.9 Å². The van der Waals surface area contributed by atoms with Gasteiger partial charge in [-0.2, -0.15) is 17.8 Å². The fraction of sp³-hybridized carbons (Fsp3) is 0.488. The SMILES string of the molecule is CCN(C)S(=O)(=O)Nc1ccc(F)c(Oc2ccc3ncn([C@H]4COC5(CCN(C6CCC(c7cc8c(cc7F)c(N7CCC(=O)NC7O)nn8C)CC6)CC5)C4)c(=O)c3c2)c1F. The van der Waals surface area contributed by atoms with Gasteiger partial charge in [-0.3, -0.25) is 23.6 Å². The van der Waals surface area contributed by atoms with Crippen molar-refractivity contribution >= 4 is 49.4 Å². The van der Waals surface area contributed by atoms with Crippen molar-refractivity contribution in [1.29, 1.82) is 0 Å². The zero-order chi connectivity index (χ0) is 44.4. The average Bonchev–Trinajstić information content (AvgIpc) is 3.82. The summed E-state index contributed by atoms with van der Waals surface area (Å²) in [5.41, 5.74) is 0.548. The average molecular weight is 894 g/mol. The molecule has 2 atom stereocenters. The van der Waals surface area contributed by atoms with Crippen LogP contribution in [-0.2, 0) is 26.8 Å². The van der Waals surface area contributed by atoms with Crippen LogP contribution in [0.25, 0.3) is 21.8 Å². The molecule has 4 aliphatic rings. The summed E-state index contributed by atoms with van der Waals surface area (Å²) in [7, 11) is -0.991. The number of piperidine rings is 1. The number of anilines is 2. The van der Waals surface area contributed by atoms with E-state index in [1.165, 1.54) is 37.6 Å². The molecule has 5 heterocycles. The summed E-state index contributed by atoms with van der Waals surface area (Å²) in [6.07, 6.45) is 6.23. The maximum absolute atomic E-state index is 15.8. The van der Waals surface area contributed by atoms with Gasteiger partial charge in [-0.1, -0.05) is 6.92 Å². The largest absolute Gasteiger partial charge is 0.451 e. The number of hydrogen-bond donors (Lipinski definition) is 3. The highest BCUT2D eigenvalue weighted by molar-refractivity contribution is 7.90. The molecule has 16 nitrogen and oxygen atoms in total. The van der Waals surface area contributed by atoms with Crippen LogP contribution in [0.1, 0.15) is 75.8 Å². The second kappa shape index (κ2) is 16.7. The molecule has 4 fully saturated rings. The predicted octanol–water partition coefficient (Wildman–Crippen LogP) is 5.23. The smallest absolute Gasteiger partial charge is 0.301 e. The second-order valence-electron chi connectivity index (χ2n) is 17.1. The van der Waals surface area contributed by atoms with E-state index >= 15 is 8.78 Å². The molecule has 1 amide bonds. The Labute approximate surface area is 361 Å². The molecule has 0 bridgehead atoms. The van der Waals surface area contributed by atoms with E-state index in [1.807, 2.05) is 6.07 Å². The molecule has 3 aromatic carbocycles. The number of carbonyl (C=O) groups is 1. The van der Waals surface area contributed by atoms with E-state index in [0.29, 0.717) is 41.4 Å². The van der Waals surface area contributed by atoms with Crippen LogP contribution in [0.3, 0.4) is 0 Å². The number of nitrogens with one attached hydrogen (secondary N) is 2. The van der Waals surface area contributed by atoms with Gasteiger partial charge in [-0.25, -0.2) is 18.2 Å². The van der Waals surface area contributed by atoms with Crippen LogP contribution in [-0.4, -0.2) is 106 Å². The molecule has 1 unspecified atom stereocenters. The number of aliphatic hydroxyl groups excluding tert-OH is 1. The first-order chi connectivity index (χ1) is 30.1. The van der Waals surface area contributed by atoms with Gasteiger partial charge in [0.2, 0.25) is 18.0 Å². The van der Waals surface area contributed by atoms with Crippen LogP contribution in [0, 0.1) is 17.5 Å². The molecule has 2 aromatic heterocycles. The molecule has 3 aliphatic heterocycles. The highest BCUT2D eigenvalue weighted by atomic mass is 32.2. The molecule has 1 saturated carbocycles. The van der Waals surface area contributed by atoms with Crippen molar-refractivity contribution in [2.45, 2.75) is 88.2 Å². The lowest BCUT2D eigenvalue weighted by molar-refractivity contribution is -0.125.